The number of carbonyl (C=O) groups excluding carboxylic acids is 1. The van der Waals surface area contributed by atoms with Crippen LogP contribution in [0.15, 0.2) is 24.3 Å². The molecule has 1 aromatic rings. The maximum absolute atomic E-state index is 13.9. The van der Waals surface area contributed by atoms with E-state index in [9.17, 15) is 14.3 Å². The molecule has 2 rings (SSSR count). The third-order valence-corrected chi connectivity index (χ3v) is 4.15. The van der Waals surface area contributed by atoms with E-state index in [1.807, 2.05) is 0 Å². The molecule has 0 aromatic heterocycles. The summed E-state index contributed by atoms with van der Waals surface area (Å²) in [6.07, 6.45) is 2.74. The highest BCUT2D eigenvalue weighted by molar-refractivity contribution is 5.87. The highest BCUT2D eigenvalue weighted by Crippen LogP contribution is 2.27. The maximum atomic E-state index is 13.9. The summed E-state index contributed by atoms with van der Waals surface area (Å²) in [6, 6.07) is 6.47. The van der Waals surface area contributed by atoms with E-state index in [4.69, 9.17) is 0 Å². The number of benzene rings is 1. The average Bonchev–Trinajstić information content (AvgIpc) is 2.41. The fraction of sp³-hybridized carbons (Fsp3) is 0.562. The third-order valence-electron chi connectivity index (χ3n) is 4.15. The molecule has 2 N–H and O–H groups in total. The first-order valence-corrected chi connectivity index (χ1v) is 7.15. The van der Waals surface area contributed by atoms with E-state index < -0.39 is 5.41 Å². The molecular weight excluding hydrogens is 257 g/mol. The highest BCUT2D eigenvalue weighted by Gasteiger charge is 2.34. The third kappa shape index (κ3) is 3.18. The zero-order chi connectivity index (χ0) is 14.8. The first kappa shape index (κ1) is 15.0. The summed E-state index contributed by atoms with van der Waals surface area (Å²) in [6.45, 7) is 3.47. The van der Waals surface area contributed by atoms with Crippen LogP contribution in [0.1, 0.15) is 45.1 Å². The van der Waals surface area contributed by atoms with Gasteiger partial charge in [0.25, 0.3) is 0 Å². The normalized spacial score (nSPS) is 23.4. The molecule has 1 aromatic carbocycles. The lowest BCUT2D eigenvalue weighted by Crippen LogP contribution is -2.47. The van der Waals surface area contributed by atoms with Gasteiger partial charge in [-0.3, -0.25) is 4.79 Å². The Balaban J connectivity index is 2.06. The average molecular weight is 279 g/mol. The summed E-state index contributed by atoms with van der Waals surface area (Å²) in [5, 5.41) is 12.5. The van der Waals surface area contributed by atoms with Crippen molar-refractivity contribution in [3.8, 4) is 0 Å². The Labute approximate surface area is 119 Å². The predicted molar refractivity (Wildman–Crippen MR) is 75.8 cm³/mol. The second-order valence-electron chi connectivity index (χ2n) is 6.08. The van der Waals surface area contributed by atoms with Crippen LogP contribution in [0.3, 0.4) is 0 Å². The number of hydrogen-bond acceptors (Lipinski definition) is 2. The van der Waals surface area contributed by atoms with Crippen LogP contribution in [0.2, 0.25) is 0 Å². The Morgan fingerprint density at radius 3 is 2.45 bits per heavy atom. The fourth-order valence-electron chi connectivity index (χ4n) is 2.68. The van der Waals surface area contributed by atoms with Crippen molar-refractivity contribution in [2.75, 3.05) is 0 Å². The van der Waals surface area contributed by atoms with E-state index in [-0.39, 0.29) is 23.9 Å². The largest absolute Gasteiger partial charge is 0.393 e. The minimum absolute atomic E-state index is 0.0805. The summed E-state index contributed by atoms with van der Waals surface area (Å²) in [7, 11) is 0. The van der Waals surface area contributed by atoms with Crippen LogP contribution in [0.25, 0.3) is 0 Å². The first-order valence-electron chi connectivity index (χ1n) is 7.15. The van der Waals surface area contributed by atoms with E-state index in [0.717, 1.165) is 12.8 Å². The van der Waals surface area contributed by atoms with Crippen molar-refractivity contribution in [2.45, 2.75) is 57.1 Å². The van der Waals surface area contributed by atoms with Crippen LogP contribution in [-0.4, -0.2) is 23.2 Å². The number of carbonyl (C=O) groups is 1. The van der Waals surface area contributed by atoms with E-state index in [2.05, 4.69) is 5.32 Å². The highest BCUT2D eigenvalue weighted by atomic mass is 19.1. The van der Waals surface area contributed by atoms with Crippen LogP contribution in [0.4, 0.5) is 4.39 Å². The minimum Gasteiger partial charge on any atom is -0.393 e. The van der Waals surface area contributed by atoms with Crippen molar-refractivity contribution in [2.24, 2.45) is 0 Å². The Hall–Kier alpha value is -1.42. The fourth-order valence-corrected chi connectivity index (χ4v) is 2.68. The van der Waals surface area contributed by atoms with Crippen molar-refractivity contribution in [3.05, 3.63) is 35.6 Å². The maximum Gasteiger partial charge on any atom is 0.230 e. The molecule has 1 amide bonds. The van der Waals surface area contributed by atoms with Gasteiger partial charge >= 0.3 is 0 Å². The second-order valence-corrected chi connectivity index (χ2v) is 6.08. The Morgan fingerprint density at radius 1 is 1.25 bits per heavy atom. The standard InChI is InChI=1S/C16H22FNO2/c1-16(2,13-5-3-4-6-14(13)17)15(20)18-11-7-9-12(19)10-8-11/h3-6,11-12,19H,7-10H2,1-2H3,(H,18,20). The van der Waals surface area contributed by atoms with Crippen molar-refractivity contribution >= 4 is 5.91 Å². The van der Waals surface area contributed by atoms with Crippen molar-refractivity contribution in [1.82, 2.24) is 5.32 Å². The summed E-state index contributed by atoms with van der Waals surface area (Å²) < 4.78 is 13.9. The number of halogens is 1. The van der Waals surface area contributed by atoms with Gasteiger partial charge < -0.3 is 10.4 Å². The molecule has 1 aliphatic carbocycles. The molecular formula is C16H22FNO2. The van der Waals surface area contributed by atoms with Crippen LogP contribution in [0.5, 0.6) is 0 Å². The van der Waals surface area contributed by atoms with Crippen molar-refractivity contribution < 1.29 is 14.3 Å². The molecule has 1 saturated carbocycles. The molecule has 0 atom stereocenters. The second kappa shape index (κ2) is 5.92. The SMILES string of the molecule is CC(C)(C(=O)NC1CCC(O)CC1)c1ccccc1F. The smallest absolute Gasteiger partial charge is 0.230 e. The monoisotopic (exact) mass is 279 g/mol. The molecule has 0 unspecified atom stereocenters. The van der Waals surface area contributed by atoms with Crippen LogP contribution in [-0.2, 0) is 10.2 Å². The van der Waals surface area contributed by atoms with E-state index in [0.29, 0.717) is 18.4 Å². The molecule has 0 saturated heterocycles. The van der Waals surface area contributed by atoms with Crippen LogP contribution < -0.4 is 5.32 Å². The van der Waals surface area contributed by atoms with Crippen molar-refractivity contribution in [1.29, 1.82) is 0 Å². The van der Waals surface area contributed by atoms with E-state index in [1.54, 1.807) is 32.0 Å². The quantitative estimate of drug-likeness (QED) is 0.893. The van der Waals surface area contributed by atoms with Crippen molar-refractivity contribution in [3.63, 3.8) is 0 Å². The van der Waals surface area contributed by atoms with E-state index in [1.165, 1.54) is 6.07 Å². The van der Waals surface area contributed by atoms with Gasteiger partial charge in [-0.05, 0) is 45.6 Å². The summed E-state index contributed by atoms with van der Waals surface area (Å²) in [5.74, 6) is -0.518. The lowest BCUT2D eigenvalue weighted by molar-refractivity contribution is -0.126. The molecule has 0 heterocycles. The molecule has 110 valence electrons. The van der Waals surface area contributed by atoms with Gasteiger partial charge in [0.2, 0.25) is 5.91 Å². The topological polar surface area (TPSA) is 49.3 Å². The van der Waals surface area contributed by atoms with Gasteiger partial charge in [-0.25, -0.2) is 4.39 Å². The zero-order valence-corrected chi connectivity index (χ0v) is 12.0. The lowest BCUT2D eigenvalue weighted by atomic mass is 9.82. The molecule has 1 fully saturated rings. The van der Waals surface area contributed by atoms with Gasteiger partial charge in [0.05, 0.1) is 11.5 Å². The van der Waals surface area contributed by atoms with Gasteiger partial charge in [-0.2, -0.15) is 0 Å². The summed E-state index contributed by atoms with van der Waals surface area (Å²) in [5.41, 5.74) is -0.491. The number of aliphatic hydroxyl groups excluding tert-OH is 1. The van der Waals surface area contributed by atoms with Gasteiger partial charge in [-0.1, -0.05) is 18.2 Å². The summed E-state index contributed by atoms with van der Waals surface area (Å²) >= 11 is 0. The Kier molecular flexibility index (Phi) is 4.43. The Morgan fingerprint density at radius 2 is 1.85 bits per heavy atom. The summed E-state index contributed by atoms with van der Waals surface area (Å²) in [4.78, 5) is 12.4. The molecule has 0 bridgehead atoms. The van der Waals surface area contributed by atoms with Gasteiger partial charge in [0.15, 0.2) is 0 Å². The molecule has 0 aliphatic heterocycles. The molecule has 4 heteroatoms. The lowest BCUT2D eigenvalue weighted by Gasteiger charge is -2.31. The van der Waals surface area contributed by atoms with E-state index >= 15 is 0 Å². The number of rotatable bonds is 3. The number of nitrogens with one attached hydrogen (secondary N) is 1. The molecule has 0 spiro atoms. The van der Waals surface area contributed by atoms with Gasteiger partial charge in [0, 0.05) is 11.6 Å². The first-order chi connectivity index (χ1) is 9.41. The van der Waals surface area contributed by atoms with Gasteiger partial charge in [0.1, 0.15) is 5.82 Å². The zero-order valence-electron chi connectivity index (χ0n) is 12.0. The van der Waals surface area contributed by atoms with Crippen LogP contribution >= 0.6 is 0 Å². The van der Waals surface area contributed by atoms with Crippen LogP contribution in [0, 0.1) is 5.82 Å². The molecule has 20 heavy (non-hydrogen) atoms. The predicted octanol–water partition coefficient (Wildman–Crippen LogP) is 2.52. The Bertz CT molecular complexity index is 479. The number of amides is 1. The molecule has 3 nitrogen and oxygen atoms in total. The number of hydrogen-bond donors (Lipinski definition) is 2. The molecule has 0 radical (unpaired) electrons. The minimum atomic E-state index is -0.901. The number of aliphatic hydroxyl groups is 1. The molecule has 1 aliphatic rings. The van der Waals surface area contributed by atoms with Gasteiger partial charge in [-0.15, -0.1) is 0 Å².